The predicted molar refractivity (Wildman–Crippen MR) is 70.8 cm³/mol. The van der Waals surface area contributed by atoms with Crippen LogP contribution in [0.2, 0.25) is 0 Å². The van der Waals surface area contributed by atoms with Gasteiger partial charge >= 0.3 is 0 Å². The summed E-state index contributed by atoms with van der Waals surface area (Å²) in [5.41, 5.74) is 1.90. The molecule has 0 aliphatic carbocycles. The molecule has 2 rings (SSSR count). The van der Waals surface area contributed by atoms with Crippen LogP contribution in [-0.4, -0.2) is 9.97 Å². The Labute approximate surface area is 105 Å². The molecule has 0 bridgehead atoms. The average Bonchev–Trinajstić information content (AvgIpc) is 2.30. The van der Waals surface area contributed by atoms with Gasteiger partial charge in [0.1, 0.15) is 0 Å². The molecule has 2 aromatic rings. The van der Waals surface area contributed by atoms with E-state index in [1.807, 2.05) is 18.2 Å². The highest BCUT2D eigenvalue weighted by Gasteiger charge is 2.12. The predicted octanol–water partition coefficient (Wildman–Crippen LogP) is 2.97. The van der Waals surface area contributed by atoms with E-state index in [-0.39, 0.29) is 11.5 Å². The molecular formula is C13H14N2OS. The smallest absolute Gasteiger partial charge is 0.251 e. The second-order valence-electron chi connectivity index (χ2n) is 3.91. The van der Waals surface area contributed by atoms with E-state index >= 15 is 0 Å². The minimum absolute atomic E-state index is 0.155. The molecule has 88 valence electrons. The number of benzene rings is 1. The van der Waals surface area contributed by atoms with Gasteiger partial charge in [0, 0.05) is 17.7 Å². The highest BCUT2D eigenvalue weighted by atomic mass is 32.1. The molecule has 2 N–H and O–H groups in total. The summed E-state index contributed by atoms with van der Waals surface area (Å²) >= 11 is 4.99. The van der Waals surface area contributed by atoms with E-state index < -0.39 is 0 Å². The molecule has 1 aromatic carbocycles. The van der Waals surface area contributed by atoms with E-state index in [1.165, 1.54) is 5.56 Å². The maximum Gasteiger partial charge on any atom is 0.251 e. The molecule has 3 nitrogen and oxygen atoms in total. The summed E-state index contributed by atoms with van der Waals surface area (Å²) in [6.07, 6.45) is 0.915. The minimum Gasteiger partial charge on any atom is -0.335 e. The first-order valence-electron chi connectivity index (χ1n) is 5.59. The molecule has 0 amide bonds. The third-order valence-electron chi connectivity index (χ3n) is 2.77. The van der Waals surface area contributed by atoms with Gasteiger partial charge in [-0.1, -0.05) is 37.3 Å². The van der Waals surface area contributed by atoms with Crippen molar-refractivity contribution in [1.29, 1.82) is 0 Å². The van der Waals surface area contributed by atoms with Gasteiger partial charge in [-0.2, -0.15) is 0 Å². The lowest BCUT2D eigenvalue weighted by molar-refractivity contribution is 0.739. The van der Waals surface area contributed by atoms with E-state index in [0.29, 0.717) is 4.77 Å². The van der Waals surface area contributed by atoms with Gasteiger partial charge in [0.25, 0.3) is 5.56 Å². The largest absolute Gasteiger partial charge is 0.335 e. The molecular weight excluding hydrogens is 232 g/mol. The van der Waals surface area contributed by atoms with Gasteiger partial charge in [-0.25, -0.2) is 0 Å². The monoisotopic (exact) mass is 246 g/mol. The zero-order valence-corrected chi connectivity index (χ0v) is 10.4. The summed E-state index contributed by atoms with van der Waals surface area (Å²) in [7, 11) is 0. The molecule has 0 radical (unpaired) electrons. The van der Waals surface area contributed by atoms with Gasteiger partial charge in [0.15, 0.2) is 4.77 Å². The van der Waals surface area contributed by atoms with Gasteiger partial charge in [-0.05, 0) is 24.2 Å². The van der Waals surface area contributed by atoms with Crippen molar-refractivity contribution in [2.45, 2.75) is 19.3 Å². The zero-order chi connectivity index (χ0) is 12.3. The molecule has 0 spiro atoms. The topological polar surface area (TPSA) is 48.6 Å². The number of H-pyrrole nitrogens is 2. The van der Waals surface area contributed by atoms with Crippen molar-refractivity contribution >= 4 is 12.2 Å². The lowest BCUT2D eigenvalue weighted by Gasteiger charge is -2.15. The molecule has 0 fully saturated rings. The van der Waals surface area contributed by atoms with Crippen LogP contribution in [0, 0.1) is 4.77 Å². The Morgan fingerprint density at radius 2 is 1.94 bits per heavy atom. The van der Waals surface area contributed by atoms with Crippen molar-refractivity contribution in [3.05, 3.63) is 62.8 Å². The standard InChI is InChI=1S/C13H14N2OS/c1-2-10(9-6-4-3-5-7-9)11-8-12(16)15-13(17)14-11/h3-8,10H,2H2,1H3,(H2,14,15,16,17). The third-order valence-corrected chi connectivity index (χ3v) is 2.97. The Kier molecular flexibility index (Phi) is 3.54. The third kappa shape index (κ3) is 2.71. The summed E-state index contributed by atoms with van der Waals surface area (Å²) in [4.78, 5) is 17.0. The van der Waals surface area contributed by atoms with Gasteiger partial charge in [-0.3, -0.25) is 9.78 Å². The van der Waals surface area contributed by atoms with Crippen LogP contribution < -0.4 is 5.56 Å². The number of aromatic amines is 2. The molecule has 0 saturated heterocycles. The van der Waals surface area contributed by atoms with Crippen molar-refractivity contribution in [2.75, 3.05) is 0 Å². The van der Waals surface area contributed by atoms with Crippen LogP contribution in [0.4, 0.5) is 0 Å². The molecule has 17 heavy (non-hydrogen) atoms. The fourth-order valence-corrected chi connectivity index (χ4v) is 2.21. The first-order valence-corrected chi connectivity index (χ1v) is 6.00. The van der Waals surface area contributed by atoms with Crippen LogP contribution in [0.15, 0.2) is 41.2 Å². The van der Waals surface area contributed by atoms with Crippen LogP contribution in [0.1, 0.15) is 30.5 Å². The SMILES string of the molecule is CCC(c1ccccc1)c1cc(=O)[nH]c(=S)[nH]1. The van der Waals surface area contributed by atoms with Crippen molar-refractivity contribution in [1.82, 2.24) is 9.97 Å². The summed E-state index contributed by atoms with van der Waals surface area (Å²) < 4.78 is 0.377. The molecule has 1 atom stereocenters. The Morgan fingerprint density at radius 1 is 1.24 bits per heavy atom. The first-order chi connectivity index (χ1) is 8.20. The molecule has 1 unspecified atom stereocenters. The quantitative estimate of drug-likeness (QED) is 0.818. The van der Waals surface area contributed by atoms with Crippen LogP contribution in [0.25, 0.3) is 0 Å². The van der Waals surface area contributed by atoms with Crippen molar-refractivity contribution in [3.8, 4) is 0 Å². The fourth-order valence-electron chi connectivity index (χ4n) is 2.00. The van der Waals surface area contributed by atoms with Crippen LogP contribution in [0.5, 0.6) is 0 Å². The maximum atomic E-state index is 11.4. The van der Waals surface area contributed by atoms with E-state index in [2.05, 4.69) is 29.0 Å². The molecule has 0 aliphatic heterocycles. The number of hydrogen-bond donors (Lipinski definition) is 2. The van der Waals surface area contributed by atoms with E-state index in [1.54, 1.807) is 6.07 Å². The van der Waals surface area contributed by atoms with E-state index in [0.717, 1.165) is 12.1 Å². The average molecular weight is 246 g/mol. The van der Waals surface area contributed by atoms with Crippen LogP contribution in [0.3, 0.4) is 0 Å². The lowest BCUT2D eigenvalue weighted by Crippen LogP contribution is -2.12. The van der Waals surface area contributed by atoms with Gasteiger partial charge in [0.05, 0.1) is 0 Å². The van der Waals surface area contributed by atoms with Gasteiger partial charge in [-0.15, -0.1) is 0 Å². The van der Waals surface area contributed by atoms with E-state index in [4.69, 9.17) is 12.2 Å². The molecule has 4 heteroatoms. The Morgan fingerprint density at radius 3 is 2.53 bits per heavy atom. The number of hydrogen-bond acceptors (Lipinski definition) is 2. The number of nitrogens with one attached hydrogen (secondary N) is 2. The molecule has 1 aromatic heterocycles. The summed E-state index contributed by atoms with van der Waals surface area (Å²) in [6, 6.07) is 11.7. The maximum absolute atomic E-state index is 11.4. The van der Waals surface area contributed by atoms with Gasteiger partial charge in [0.2, 0.25) is 0 Å². The fraction of sp³-hybridized carbons (Fsp3) is 0.231. The Balaban J connectivity index is 2.49. The highest BCUT2D eigenvalue weighted by molar-refractivity contribution is 7.71. The normalized spacial score (nSPS) is 12.3. The van der Waals surface area contributed by atoms with Crippen molar-refractivity contribution in [3.63, 3.8) is 0 Å². The lowest BCUT2D eigenvalue weighted by atomic mass is 9.93. The van der Waals surface area contributed by atoms with Crippen molar-refractivity contribution in [2.24, 2.45) is 0 Å². The highest BCUT2D eigenvalue weighted by Crippen LogP contribution is 2.24. The summed E-state index contributed by atoms with van der Waals surface area (Å²) in [5.74, 6) is 0.181. The van der Waals surface area contributed by atoms with Crippen molar-refractivity contribution < 1.29 is 0 Å². The number of rotatable bonds is 3. The Bertz CT molecular complexity index is 572. The van der Waals surface area contributed by atoms with Crippen LogP contribution in [-0.2, 0) is 0 Å². The van der Waals surface area contributed by atoms with E-state index in [9.17, 15) is 4.79 Å². The molecule has 1 heterocycles. The summed E-state index contributed by atoms with van der Waals surface area (Å²) in [6.45, 7) is 2.09. The summed E-state index contributed by atoms with van der Waals surface area (Å²) in [5, 5.41) is 0. The molecule has 0 saturated carbocycles. The second kappa shape index (κ2) is 5.10. The number of aromatic nitrogens is 2. The molecule has 0 aliphatic rings. The van der Waals surface area contributed by atoms with Gasteiger partial charge < -0.3 is 4.98 Å². The minimum atomic E-state index is -0.155. The zero-order valence-electron chi connectivity index (χ0n) is 9.57. The second-order valence-corrected chi connectivity index (χ2v) is 4.32. The first kappa shape index (κ1) is 11.8. The Hall–Kier alpha value is -1.68. The van der Waals surface area contributed by atoms with Crippen LogP contribution >= 0.6 is 12.2 Å².